The zero-order valence-electron chi connectivity index (χ0n) is 5.60. The third-order valence-electron chi connectivity index (χ3n) is 1.22. The van der Waals surface area contributed by atoms with Crippen LogP contribution in [0, 0.1) is 0 Å². The number of hydrogen-bond acceptors (Lipinski definition) is 4. The SMILES string of the molecule is OB(O)c1cc(S)cc(S)c1. The van der Waals surface area contributed by atoms with E-state index in [-0.39, 0.29) is 0 Å². The van der Waals surface area contributed by atoms with E-state index in [1.165, 1.54) is 0 Å². The summed E-state index contributed by atoms with van der Waals surface area (Å²) in [5.41, 5.74) is 0.405. The largest absolute Gasteiger partial charge is 0.488 e. The zero-order chi connectivity index (χ0) is 8.43. The van der Waals surface area contributed by atoms with Gasteiger partial charge in [0, 0.05) is 9.79 Å². The van der Waals surface area contributed by atoms with Gasteiger partial charge in [-0.25, -0.2) is 0 Å². The average molecular weight is 186 g/mol. The third-order valence-corrected chi connectivity index (χ3v) is 1.74. The number of thiol groups is 2. The van der Waals surface area contributed by atoms with Crippen molar-refractivity contribution in [2.75, 3.05) is 0 Å². The highest BCUT2D eigenvalue weighted by atomic mass is 32.1. The van der Waals surface area contributed by atoms with Crippen LogP contribution in [0.25, 0.3) is 0 Å². The lowest BCUT2D eigenvalue weighted by atomic mass is 9.80. The quantitative estimate of drug-likeness (QED) is 0.366. The van der Waals surface area contributed by atoms with Gasteiger partial charge in [-0.1, -0.05) is 0 Å². The lowest BCUT2D eigenvalue weighted by Crippen LogP contribution is -2.29. The smallest absolute Gasteiger partial charge is 0.423 e. The second-order valence-electron chi connectivity index (χ2n) is 2.16. The fourth-order valence-electron chi connectivity index (χ4n) is 0.767. The van der Waals surface area contributed by atoms with Crippen LogP contribution in [0.1, 0.15) is 0 Å². The van der Waals surface area contributed by atoms with Gasteiger partial charge in [-0.15, -0.1) is 25.3 Å². The molecule has 0 bridgehead atoms. The second-order valence-corrected chi connectivity index (χ2v) is 3.19. The number of benzene rings is 1. The summed E-state index contributed by atoms with van der Waals surface area (Å²) < 4.78 is 0. The van der Waals surface area contributed by atoms with Crippen LogP contribution in [0.15, 0.2) is 28.0 Å². The van der Waals surface area contributed by atoms with Crippen LogP contribution in [0.2, 0.25) is 0 Å². The monoisotopic (exact) mass is 186 g/mol. The summed E-state index contributed by atoms with van der Waals surface area (Å²) in [6, 6.07) is 4.87. The maximum Gasteiger partial charge on any atom is 0.488 e. The summed E-state index contributed by atoms with van der Waals surface area (Å²) in [5.74, 6) is 0. The van der Waals surface area contributed by atoms with Crippen LogP contribution in [-0.2, 0) is 0 Å². The van der Waals surface area contributed by atoms with Gasteiger partial charge < -0.3 is 10.0 Å². The summed E-state index contributed by atoms with van der Waals surface area (Å²) in [7, 11) is -1.45. The Labute approximate surface area is 76.2 Å². The van der Waals surface area contributed by atoms with Crippen LogP contribution in [-0.4, -0.2) is 17.2 Å². The van der Waals surface area contributed by atoms with Gasteiger partial charge in [0.25, 0.3) is 0 Å². The highest BCUT2D eigenvalue weighted by Gasteiger charge is 2.10. The maximum atomic E-state index is 8.76. The normalized spacial score (nSPS) is 9.82. The van der Waals surface area contributed by atoms with E-state index in [0.717, 1.165) is 0 Å². The first kappa shape index (κ1) is 9.00. The van der Waals surface area contributed by atoms with Crippen molar-refractivity contribution in [3.63, 3.8) is 0 Å². The number of rotatable bonds is 1. The molecule has 5 heteroatoms. The highest BCUT2D eigenvalue weighted by Crippen LogP contribution is 2.10. The van der Waals surface area contributed by atoms with Crippen molar-refractivity contribution in [3.8, 4) is 0 Å². The van der Waals surface area contributed by atoms with Gasteiger partial charge >= 0.3 is 7.12 Å². The Bertz CT molecular complexity index is 245. The Morgan fingerprint density at radius 2 is 1.45 bits per heavy atom. The molecule has 11 heavy (non-hydrogen) atoms. The lowest BCUT2D eigenvalue weighted by molar-refractivity contribution is 0.425. The molecule has 0 fully saturated rings. The molecule has 58 valence electrons. The van der Waals surface area contributed by atoms with Crippen molar-refractivity contribution in [2.24, 2.45) is 0 Å². The Morgan fingerprint density at radius 3 is 1.82 bits per heavy atom. The Hall–Kier alpha value is -0.0951. The predicted octanol–water partition coefficient (Wildman–Crippen LogP) is -0.0562. The van der Waals surface area contributed by atoms with Gasteiger partial charge in [0.15, 0.2) is 0 Å². The summed E-state index contributed by atoms with van der Waals surface area (Å²) in [4.78, 5) is 1.33. The molecule has 0 saturated carbocycles. The number of hydrogen-bond donors (Lipinski definition) is 4. The van der Waals surface area contributed by atoms with E-state index in [1.54, 1.807) is 18.2 Å². The molecule has 0 aliphatic carbocycles. The first-order valence-electron chi connectivity index (χ1n) is 2.98. The van der Waals surface area contributed by atoms with Crippen molar-refractivity contribution in [2.45, 2.75) is 9.79 Å². The molecule has 2 nitrogen and oxygen atoms in total. The Kier molecular flexibility index (Phi) is 2.89. The van der Waals surface area contributed by atoms with Crippen molar-refractivity contribution in [3.05, 3.63) is 18.2 Å². The van der Waals surface area contributed by atoms with Crippen molar-refractivity contribution < 1.29 is 10.0 Å². The minimum Gasteiger partial charge on any atom is -0.423 e. The van der Waals surface area contributed by atoms with E-state index < -0.39 is 7.12 Å². The fourth-order valence-corrected chi connectivity index (χ4v) is 1.45. The van der Waals surface area contributed by atoms with Gasteiger partial charge in [0.05, 0.1) is 0 Å². The van der Waals surface area contributed by atoms with Gasteiger partial charge in [-0.3, -0.25) is 0 Å². The molecule has 0 amide bonds. The first-order valence-corrected chi connectivity index (χ1v) is 3.88. The molecule has 0 aromatic heterocycles. The highest BCUT2D eigenvalue weighted by molar-refractivity contribution is 7.81. The Morgan fingerprint density at radius 1 is 1.00 bits per heavy atom. The topological polar surface area (TPSA) is 40.5 Å². The maximum absolute atomic E-state index is 8.76. The second kappa shape index (κ2) is 3.54. The van der Waals surface area contributed by atoms with Crippen LogP contribution in [0.4, 0.5) is 0 Å². The van der Waals surface area contributed by atoms with E-state index in [9.17, 15) is 0 Å². The molecule has 0 atom stereocenters. The molecule has 0 heterocycles. The Balaban J connectivity index is 3.08. The average Bonchev–Trinajstić information content (AvgIpc) is 1.85. The van der Waals surface area contributed by atoms with E-state index in [1.807, 2.05) is 0 Å². The van der Waals surface area contributed by atoms with E-state index >= 15 is 0 Å². The predicted molar refractivity (Wildman–Crippen MR) is 50.8 cm³/mol. The molecule has 1 aromatic carbocycles. The first-order chi connectivity index (χ1) is 5.09. The minimum absolute atomic E-state index is 0.405. The molecule has 1 rings (SSSR count). The van der Waals surface area contributed by atoms with Crippen molar-refractivity contribution in [1.29, 1.82) is 0 Å². The van der Waals surface area contributed by atoms with E-state index in [4.69, 9.17) is 10.0 Å². The van der Waals surface area contributed by atoms with Gasteiger partial charge in [-0.05, 0) is 23.7 Å². The molecule has 0 saturated heterocycles. The molecule has 0 aliphatic rings. The van der Waals surface area contributed by atoms with Gasteiger partial charge in [-0.2, -0.15) is 0 Å². The summed E-state index contributed by atoms with van der Waals surface area (Å²) >= 11 is 8.09. The molecule has 0 radical (unpaired) electrons. The summed E-state index contributed by atoms with van der Waals surface area (Å²) in [5, 5.41) is 17.5. The van der Waals surface area contributed by atoms with E-state index in [0.29, 0.717) is 15.3 Å². The van der Waals surface area contributed by atoms with Gasteiger partial charge in [0.2, 0.25) is 0 Å². The van der Waals surface area contributed by atoms with Crippen molar-refractivity contribution >= 4 is 37.8 Å². The summed E-state index contributed by atoms with van der Waals surface area (Å²) in [6.07, 6.45) is 0. The van der Waals surface area contributed by atoms with Crippen LogP contribution in [0.3, 0.4) is 0 Å². The fraction of sp³-hybridized carbons (Fsp3) is 0. The van der Waals surface area contributed by atoms with Crippen LogP contribution >= 0.6 is 25.3 Å². The van der Waals surface area contributed by atoms with Gasteiger partial charge in [0.1, 0.15) is 0 Å². The summed E-state index contributed by atoms with van der Waals surface area (Å²) in [6.45, 7) is 0. The van der Waals surface area contributed by atoms with Crippen LogP contribution in [0.5, 0.6) is 0 Å². The minimum atomic E-state index is -1.45. The molecule has 0 spiro atoms. The zero-order valence-corrected chi connectivity index (χ0v) is 7.39. The molecule has 0 unspecified atom stereocenters. The lowest BCUT2D eigenvalue weighted by Gasteiger charge is -2.01. The standard InChI is InChI=1S/C6H7BO2S2/c8-7(9)4-1-5(10)3-6(11)2-4/h1-3,8-11H. The molecule has 2 N–H and O–H groups in total. The van der Waals surface area contributed by atoms with Crippen LogP contribution < -0.4 is 5.46 Å². The molecule has 1 aromatic rings. The molecular weight excluding hydrogens is 179 g/mol. The molecular formula is C6H7BO2S2. The molecule has 0 aliphatic heterocycles. The van der Waals surface area contributed by atoms with E-state index in [2.05, 4.69) is 25.3 Å². The van der Waals surface area contributed by atoms with Crippen molar-refractivity contribution in [1.82, 2.24) is 0 Å². The third kappa shape index (κ3) is 2.45.